The SMILES string of the molecule is O=C(CCC(F)(F)F)NCc1cnn2cc(CNC(=O)c3conc3CCF)nc2c1. The summed E-state index contributed by atoms with van der Waals surface area (Å²) in [4.78, 5) is 28.0. The van der Waals surface area contributed by atoms with Gasteiger partial charge in [0.1, 0.15) is 11.8 Å². The lowest BCUT2D eigenvalue weighted by Gasteiger charge is -2.07. The van der Waals surface area contributed by atoms with Crippen LogP contribution in [0.25, 0.3) is 5.65 Å². The van der Waals surface area contributed by atoms with E-state index in [1.807, 2.05) is 0 Å². The van der Waals surface area contributed by atoms with Crippen LogP contribution in [-0.2, 0) is 24.3 Å². The fourth-order valence-corrected chi connectivity index (χ4v) is 2.67. The first kappa shape index (κ1) is 22.2. The zero-order chi connectivity index (χ0) is 22.4. The fraction of sp³-hybridized carbons (Fsp3) is 0.389. The van der Waals surface area contributed by atoms with Gasteiger partial charge in [0.15, 0.2) is 5.65 Å². The van der Waals surface area contributed by atoms with Crippen molar-refractivity contribution in [3.8, 4) is 0 Å². The number of nitrogens with zero attached hydrogens (tertiary/aromatic N) is 4. The summed E-state index contributed by atoms with van der Waals surface area (Å²) in [5.41, 5.74) is 1.82. The molecule has 0 fully saturated rings. The minimum Gasteiger partial charge on any atom is -0.364 e. The molecule has 0 aliphatic rings. The number of aryl methyl sites for hydroxylation is 1. The van der Waals surface area contributed by atoms with Crippen LogP contribution in [0.2, 0.25) is 0 Å². The summed E-state index contributed by atoms with van der Waals surface area (Å²) in [6.07, 6.45) is -2.09. The standard InChI is InChI=1S/C18H18F4N6O3/c19-4-2-14-13(10-31-27-14)17(30)24-8-12-9-28-15(26-12)5-11(7-25-28)6-23-16(29)1-3-18(20,21)22/h5,7,9-10H,1-4,6,8H2,(H,23,29)(H,24,30). The van der Waals surface area contributed by atoms with E-state index in [-0.39, 0.29) is 30.8 Å². The summed E-state index contributed by atoms with van der Waals surface area (Å²) >= 11 is 0. The van der Waals surface area contributed by atoms with Crippen LogP contribution in [0, 0.1) is 0 Å². The molecule has 0 atom stereocenters. The molecule has 0 bridgehead atoms. The molecule has 0 saturated heterocycles. The van der Waals surface area contributed by atoms with E-state index in [9.17, 15) is 27.2 Å². The van der Waals surface area contributed by atoms with Crippen LogP contribution in [0.15, 0.2) is 29.2 Å². The highest BCUT2D eigenvalue weighted by atomic mass is 19.4. The third-order valence-corrected chi connectivity index (χ3v) is 4.20. The summed E-state index contributed by atoms with van der Waals surface area (Å²) in [6, 6.07) is 1.61. The Bertz CT molecular complexity index is 1060. The van der Waals surface area contributed by atoms with Gasteiger partial charge in [-0.25, -0.2) is 9.50 Å². The number of imidazole rings is 1. The second-order valence-electron chi connectivity index (χ2n) is 6.59. The van der Waals surface area contributed by atoms with Gasteiger partial charge >= 0.3 is 6.18 Å². The Hall–Kier alpha value is -3.51. The Kier molecular flexibility index (Phi) is 6.82. The average molecular weight is 442 g/mol. The van der Waals surface area contributed by atoms with Crippen molar-refractivity contribution < 1.29 is 31.7 Å². The molecule has 0 aliphatic heterocycles. The zero-order valence-electron chi connectivity index (χ0n) is 16.1. The Balaban J connectivity index is 1.56. The summed E-state index contributed by atoms with van der Waals surface area (Å²) in [5.74, 6) is -1.21. The average Bonchev–Trinajstić information content (AvgIpc) is 3.34. The number of nitrogens with one attached hydrogen (secondary N) is 2. The molecule has 3 aromatic rings. The molecule has 9 nitrogen and oxygen atoms in total. The van der Waals surface area contributed by atoms with Gasteiger partial charge in [0.2, 0.25) is 5.91 Å². The molecule has 0 aromatic carbocycles. The maximum Gasteiger partial charge on any atom is 0.389 e. The van der Waals surface area contributed by atoms with Gasteiger partial charge in [-0.1, -0.05) is 5.16 Å². The van der Waals surface area contributed by atoms with Crippen molar-refractivity contribution in [2.24, 2.45) is 0 Å². The zero-order valence-corrected chi connectivity index (χ0v) is 16.1. The summed E-state index contributed by atoms with van der Waals surface area (Å²) in [7, 11) is 0. The van der Waals surface area contributed by atoms with Gasteiger partial charge < -0.3 is 15.2 Å². The molecule has 3 aromatic heterocycles. The van der Waals surface area contributed by atoms with Gasteiger partial charge in [-0.15, -0.1) is 0 Å². The largest absolute Gasteiger partial charge is 0.389 e. The second kappa shape index (κ2) is 9.53. The highest BCUT2D eigenvalue weighted by Crippen LogP contribution is 2.21. The molecule has 0 unspecified atom stereocenters. The number of amides is 2. The van der Waals surface area contributed by atoms with E-state index in [2.05, 4.69) is 25.9 Å². The topological polar surface area (TPSA) is 114 Å². The monoisotopic (exact) mass is 442 g/mol. The van der Waals surface area contributed by atoms with Crippen molar-refractivity contribution in [3.63, 3.8) is 0 Å². The number of carbonyl (C=O) groups is 2. The van der Waals surface area contributed by atoms with E-state index in [1.54, 1.807) is 12.3 Å². The van der Waals surface area contributed by atoms with E-state index < -0.39 is 37.5 Å². The van der Waals surface area contributed by atoms with Crippen molar-refractivity contribution in [2.45, 2.75) is 38.5 Å². The number of hydrogen-bond donors (Lipinski definition) is 2. The van der Waals surface area contributed by atoms with Crippen molar-refractivity contribution in [3.05, 3.63) is 47.2 Å². The Morgan fingerprint density at radius 1 is 1.19 bits per heavy atom. The molecule has 2 amide bonds. The van der Waals surface area contributed by atoms with Gasteiger partial charge in [-0.05, 0) is 11.6 Å². The number of aromatic nitrogens is 4. The predicted octanol–water partition coefficient (Wildman–Crippen LogP) is 2.12. The van der Waals surface area contributed by atoms with E-state index >= 15 is 0 Å². The smallest absolute Gasteiger partial charge is 0.364 e. The third kappa shape index (κ3) is 6.23. The number of carbonyl (C=O) groups excluding carboxylic acids is 2. The maximum absolute atomic E-state index is 12.5. The van der Waals surface area contributed by atoms with E-state index in [4.69, 9.17) is 4.52 Å². The van der Waals surface area contributed by atoms with Crippen LogP contribution < -0.4 is 10.6 Å². The first-order valence-electron chi connectivity index (χ1n) is 9.19. The summed E-state index contributed by atoms with van der Waals surface area (Å²) in [6.45, 7) is -0.605. The summed E-state index contributed by atoms with van der Waals surface area (Å²) < 4.78 is 55.1. The lowest BCUT2D eigenvalue weighted by atomic mass is 10.2. The van der Waals surface area contributed by atoms with Crippen molar-refractivity contribution in [1.82, 2.24) is 30.4 Å². The fourth-order valence-electron chi connectivity index (χ4n) is 2.67. The Labute approximate surface area is 172 Å². The first-order valence-corrected chi connectivity index (χ1v) is 9.19. The molecule has 166 valence electrons. The molecule has 0 radical (unpaired) electrons. The van der Waals surface area contributed by atoms with E-state index in [0.29, 0.717) is 16.9 Å². The highest BCUT2D eigenvalue weighted by molar-refractivity contribution is 5.94. The molecule has 31 heavy (non-hydrogen) atoms. The molecule has 2 N–H and O–H groups in total. The van der Waals surface area contributed by atoms with Gasteiger partial charge in [0.05, 0.1) is 43.4 Å². The Morgan fingerprint density at radius 3 is 2.74 bits per heavy atom. The number of alkyl halides is 4. The summed E-state index contributed by atoms with van der Waals surface area (Å²) in [5, 5.41) is 12.7. The quantitative estimate of drug-likeness (QED) is 0.491. The second-order valence-corrected chi connectivity index (χ2v) is 6.59. The number of hydrogen-bond acceptors (Lipinski definition) is 6. The molecular weight excluding hydrogens is 424 g/mol. The number of fused-ring (bicyclic) bond motifs is 1. The van der Waals surface area contributed by atoms with Crippen LogP contribution in [0.3, 0.4) is 0 Å². The van der Waals surface area contributed by atoms with E-state index in [1.165, 1.54) is 10.7 Å². The van der Waals surface area contributed by atoms with Crippen LogP contribution in [-0.4, -0.2) is 44.4 Å². The highest BCUT2D eigenvalue weighted by Gasteiger charge is 2.27. The van der Waals surface area contributed by atoms with Crippen molar-refractivity contribution >= 4 is 17.5 Å². The maximum atomic E-state index is 12.5. The molecule has 0 spiro atoms. The molecule has 3 rings (SSSR count). The van der Waals surface area contributed by atoms with Gasteiger partial charge in [0, 0.05) is 19.4 Å². The molecule has 0 aliphatic carbocycles. The molecule has 3 heterocycles. The van der Waals surface area contributed by atoms with Gasteiger partial charge in [0.25, 0.3) is 5.91 Å². The molecular formula is C18H18F4N6O3. The van der Waals surface area contributed by atoms with Crippen molar-refractivity contribution in [2.75, 3.05) is 6.67 Å². The minimum atomic E-state index is -4.39. The third-order valence-electron chi connectivity index (χ3n) is 4.20. The molecule has 0 saturated carbocycles. The van der Waals surface area contributed by atoms with Crippen LogP contribution in [0.1, 0.15) is 40.2 Å². The first-order chi connectivity index (χ1) is 14.7. The predicted molar refractivity (Wildman–Crippen MR) is 97.5 cm³/mol. The number of rotatable bonds is 9. The molecule has 13 heteroatoms. The van der Waals surface area contributed by atoms with E-state index in [0.717, 1.165) is 6.26 Å². The van der Waals surface area contributed by atoms with Gasteiger partial charge in [-0.2, -0.15) is 18.3 Å². The van der Waals surface area contributed by atoms with Crippen LogP contribution in [0.5, 0.6) is 0 Å². The Morgan fingerprint density at radius 2 is 2.00 bits per heavy atom. The lowest BCUT2D eigenvalue weighted by Crippen LogP contribution is -2.24. The lowest BCUT2D eigenvalue weighted by molar-refractivity contribution is -0.144. The van der Waals surface area contributed by atoms with Crippen LogP contribution >= 0.6 is 0 Å². The van der Waals surface area contributed by atoms with Crippen molar-refractivity contribution in [1.29, 1.82) is 0 Å². The minimum absolute atomic E-state index is 0.00393. The normalized spacial score (nSPS) is 11.6. The van der Waals surface area contributed by atoms with Crippen LogP contribution in [0.4, 0.5) is 17.6 Å². The number of halogens is 4. The van der Waals surface area contributed by atoms with Gasteiger partial charge in [-0.3, -0.25) is 14.0 Å².